The Kier molecular flexibility index (Phi) is 5.17. The SMILES string of the molecule is CCOc1cc(OCC)c(Cn2ccnc2-c2ncccc2F)nn1. The highest BCUT2D eigenvalue weighted by Crippen LogP contribution is 2.24. The van der Waals surface area contributed by atoms with Crippen molar-refractivity contribution in [2.45, 2.75) is 20.4 Å². The number of imidazole rings is 1. The number of hydrogen-bond acceptors (Lipinski definition) is 6. The molecule has 0 saturated heterocycles. The molecular weight excluding hydrogens is 325 g/mol. The van der Waals surface area contributed by atoms with Gasteiger partial charge in [0.2, 0.25) is 5.88 Å². The van der Waals surface area contributed by atoms with Crippen molar-refractivity contribution in [3.63, 3.8) is 0 Å². The molecule has 0 saturated carbocycles. The largest absolute Gasteiger partial charge is 0.492 e. The molecule has 25 heavy (non-hydrogen) atoms. The lowest BCUT2D eigenvalue weighted by atomic mass is 10.3. The van der Waals surface area contributed by atoms with Crippen LogP contribution in [0.4, 0.5) is 4.39 Å². The summed E-state index contributed by atoms with van der Waals surface area (Å²) < 4.78 is 26.8. The summed E-state index contributed by atoms with van der Waals surface area (Å²) in [6, 6.07) is 4.59. The van der Waals surface area contributed by atoms with Crippen molar-refractivity contribution in [1.82, 2.24) is 24.7 Å². The molecule has 0 aromatic carbocycles. The predicted octanol–water partition coefficient (Wildman–Crippen LogP) is 2.72. The molecular formula is C17H18FN5O2. The normalized spacial score (nSPS) is 10.7. The van der Waals surface area contributed by atoms with Gasteiger partial charge in [-0.15, -0.1) is 10.2 Å². The quantitative estimate of drug-likeness (QED) is 0.657. The molecule has 3 rings (SSSR count). The van der Waals surface area contributed by atoms with Crippen LogP contribution in [0, 0.1) is 5.82 Å². The van der Waals surface area contributed by atoms with Crippen molar-refractivity contribution >= 4 is 0 Å². The fourth-order valence-corrected chi connectivity index (χ4v) is 2.36. The van der Waals surface area contributed by atoms with E-state index < -0.39 is 5.82 Å². The summed E-state index contributed by atoms with van der Waals surface area (Å²) in [6.07, 6.45) is 4.85. The highest BCUT2D eigenvalue weighted by molar-refractivity contribution is 5.50. The summed E-state index contributed by atoms with van der Waals surface area (Å²) in [5.74, 6) is 0.951. The third-order valence-electron chi connectivity index (χ3n) is 3.41. The van der Waals surface area contributed by atoms with Crippen LogP contribution in [0.15, 0.2) is 36.8 Å². The summed E-state index contributed by atoms with van der Waals surface area (Å²) in [6.45, 7) is 5.05. The number of aromatic nitrogens is 5. The first-order chi connectivity index (χ1) is 12.2. The molecule has 0 aliphatic rings. The van der Waals surface area contributed by atoms with Gasteiger partial charge in [-0.1, -0.05) is 0 Å². The zero-order valence-electron chi connectivity index (χ0n) is 14.0. The molecule has 3 aromatic rings. The molecule has 0 atom stereocenters. The van der Waals surface area contributed by atoms with Gasteiger partial charge in [-0.3, -0.25) is 0 Å². The van der Waals surface area contributed by atoms with Gasteiger partial charge in [0.05, 0.1) is 19.8 Å². The Morgan fingerprint density at radius 1 is 1.08 bits per heavy atom. The molecule has 0 bridgehead atoms. The van der Waals surface area contributed by atoms with E-state index in [2.05, 4.69) is 20.2 Å². The van der Waals surface area contributed by atoms with E-state index in [1.807, 2.05) is 13.8 Å². The average Bonchev–Trinajstić information content (AvgIpc) is 3.06. The molecule has 0 radical (unpaired) electrons. The molecule has 0 aliphatic heterocycles. The Bertz CT molecular complexity index is 853. The highest BCUT2D eigenvalue weighted by Gasteiger charge is 2.16. The summed E-state index contributed by atoms with van der Waals surface area (Å²) in [7, 11) is 0. The van der Waals surface area contributed by atoms with Crippen molar-refractivity contribution in [1.29, 1.82) is 0 Å². The molecule has 3 aromatic heterocycles. The minimum absolute atomic E-state index is 0.185. The van der Waals surface area contributed by atoms with Crippen LogP contribution in [0.3, 0.4) is 0 Å². The zero-order valence-corrected chi connectivity index (χ0v) is 14.0. The smallest absolute Gasteiger partial charge is 0.237 e. The van der Waals surface area contributed by atoms with Gasteiger partial charge in [-0.05, 0) is 26.0 Å². The van der Waals surface area contributed by atoms with Crippen LogP contribution in [0.2, 0.25) is 0 Å². The van der Waals surface area contributed by atoms with Gasteiger partial charge in [-0.25, -0.2) is 14.4 Å². The maximum absolute atomic E-state index is 14.0. The number of ether oxygens (including phenoxy) is 2. The Morgan fingerprint density at radius 3 is 2.68 bits per heavy atom. The second kappa shape index (κ2) is 7.69. The van der Waals surface area contributed by atoms with Crippen LogP contribution in [-0.2, 0) is 6.54 Å². The Labute approximate surface area is 144 Å². The van der Waals surface area contributed by atoms with E-state index >= 15 is 0 Å². The minimum Gasteiger partial charge on any atom is -0.492 e. The summed E-state index contributed by atoms with van der Waals surface area (Å²) in [5, 5.41) is 8.22. The van der Waals surface area contributed by atoms with E-state index in [0.29, 0.717) is 42.9 Å². The first-order valence-electron chi connectivity index (χ1n) is 7.97. The molecule has 7 nitrogen and oxygen atoms in total. The average molecular weight is 343 g/mol. The van der Waals surface area contributed by atoms with Crippen LogP contribution in [-0.4, -0.2) is 37.9 Å². The minimum atomic E-state index is -0.433. The van der Waals surface area contributed by atoms with Crippen LogP contribution in [0.25, 0.3) is 11.5 Å². The number of nitrogens with zero attached hydrogens (tertiary/aromatic N) is 5. The molecule has 3 heterocycles. The third-order valence-corrected chi connectivity index (χ3v) is 3.41. The monoisotopic (exact) mass is 343 g/mol. The third kappa shape index (κ3) is 3.73. The number of halogens is 1. The predicted molar refractivity (Wildman–Crippen MR) is 88.9 cm³/mol. The lowest BCUT2D eigenvalue weighted by Gasteiger charge is -2.12. The van der Waals surface area contributed by atoms with Crippen molar-refractivity contribution in [2.24, 2.45) is 0 Å². The lowest BCUT2D eigenvalue weighted by Crippen LogP contribution is -2.09. The van der Waals surface area contributed by atoms with Crippen molar-refractivity contribution < 1.29 is 13.9 Å². The van der Waals surface area contributed by atoms with E-state index in [1.54, 1.807) is 23.0 Å². The number of rotatable bonds is 7. The van der Waals surface area contributed by atoms with Crippen molar-refractivity contribution in [3.05, 3.63) is 48.3 Å². The van der Waals surface area contributed by atoms with E-state index in [9.17, 15) is 4.39 Å². The Hall–Kier alpha value is -3.03. The second-order valence-corrected chi connectivity index (χ2v) is 5.07. The first kappa shape index (κ1) is 16.8. The topological polar surface area (TPSA) is 75.0 Å². The van der Waals surface area contributed by atoms with Gasteiger partial charge in [0.15, 0.2) is 11.6 Å². The van der Waals surface area contributed by atoms with E-state index in [4.69, 9.17) is 9.47 Å². The van der Waals surface area contributed by atoms with Crippen molar-refractivity contribution in [2.75, 3.05) is 13.2 Å². The summed E-state index contributed by atoms with van der Waals surface area (Å²) >= 11 is 0. The maximum Gasteiger partial charge on any atom is 0.237 e. The van der Waals surface area contributed by atoms with Crippen LogP contribution >= 0.6 is 0 Å². The van der Waals surface area contributed by atoms with Crippen LogP contribution in [0.5, 0.6) is 11.6 Å². The standard InChI is InChI=1S/C17H18FN5O2/c1-3-24-14-10-15(25-4-2)22-21-13(14)11-23-9-8-20-17(23)16-12(18)6-5-7-19-16/h5-10H,3-4,11H2,1-2H3. The molecule has 0 amide bonds. The molecule has 0 spiro atoms. The van der Waals surface area contributed by atoms with Gasteiger partial charge in [-0.2, -0.15) is 0 Å². The van der Waals surface area contributed by atoms with E-state index in [-0.39, 0.29) is 5.69 Å². The molecule has 0 fully saturated rings. The Balaban J connectivity index is 1.93. The van der Waals surface area contributed by atoms with Crippen LogP contribution < -0.4 is 9.47 Å². The summed E-state index contributed by atoms with van der Waals surface area (Å²) in [5.41, 5.74) is 0.783. The van der Waals surface area contributed by atoms with Gasteiger partial charge in [0.25, 0.3) is 0 Å². The zero-order chi connectivity index (χ0) is 17.6. The lowest BCUT2D eigenvalue weighted by molar-refractivity contribution is 0.304. The van der Waals surface area contributed by atoms with Gasteiger partial charge < -0.3 is 14.0 Å². The molecule has 130 valence electrons. The maximum atomic E-state index is 14.0. The van der Waals surface area contributed by atoms with Gasteiger partial charge >= 0.3 is 0 Å². The van der Waals surface area contributed by atoms with Gasteiger partial charge in [0.1, 0.15) is 17.1 Å². The van der Waals surface area contributed by atoms with Crippen molar-refractivity contribution in [3.8, 4) is 23.1 Å². The fourth-order valence-electron chi connectivity index (χ4n) is 2.36. The highest BCUT2D eigenvalue weighted by atomic mass is 19.1. The van der Waals surface area contributed by atoms with Gasteiger partial charge in [0, 0.05) is 24.7 Å². The van der Waals surface area contributed by atoms with E-state index in [1.165, 1.54) is 18.3 Å². The van der Waals surface area contributed by atoms with E-state index in [0.717, 1.165) is 0 Å². The number of pyridine rings is 1. The Morgan fingerprint density at radius 2 is 1.92 bits per heavy atom. The number of hydrogen-bond donors (Lipinski definition) is 0. The molecule has 0 N–H and O–H groups in total. The van der Waals surface area contributed by atoms with Crippen LogP contribution in [0.1, 0.15) is 19.5 Å². The molecule has 0 aliphatic carbocycles. The second-order valence-electron chi connectivity index (χ2n) is 5.07. The fraction of sp³-hybridized carbons (Fsp3) is 0.294. The molecule has 0 unspecified atom stereocenters. The summed E-state index contributed by atoms with van der Waals surface area (Å²) in [4.78, 5) is 8.29. The first-order valence-corrected chi connectivity index (χ1v) is 7.97. The molecule has 8 heteroatoms.